The summed E-state index contributed by atoms with van der Waals surface area (Å²) in [5, 5.41) is 3.36. The van der Waals surface area contributed by atoms with E-state index in [0.717, 1.165) is 11.3 Å². The van der Waals surface area contributed by atoms with Crippen molar-refractivity contribution in [2.75, 3.05) is 18.5 Å². The maximum atomic E-state index is 11.6. The number of fused-ring (bicyclic) bond motifs is 1. The molecule has 2 aliphatic rings. The Morgan fingerprint density at radius 3 is 2.74 bits per heavy atom. The van der Waals surface area contributed by atoms with Crippen molar-refractivity contribution in [2.45, 2.75) is 25.5 Å². The van der Waals surface area contributed by atoms with E-state index in [2.05, 4.69) is 5.32 Å². The van der Waals surface area contributed by atoms with Crippen LogP contribution < -0.4 is 5.32 Å². The zero-order chi connectivity index (χ0) is 13.2. The molecule has 0 radical (unpaired) electrons. The number of nitrogens with one attached hydrogen (secondary N) is 1. The van der Waals surface area contributed by atoms with E-state index in [1.165, 1.54) is 4.90 Å². The molecule has 1 atom stereocenters. The van der Waals surface area contributed by atoms with Gasteiger partial charge in [0.15, 0.2) is 0 Å². The molecule has 0 aliphatic carbocycles. The summed E-state index contributed by atoms with van der Waals surface area (Å²) in [6.07, 6.45) is 0.673. The Bertz CT molecular complexity index is 499. The van der Waals surface area contributed by atoms with Crippen molar-refractivity contribution < 1.29 is 14.3 Å². The van der Waals surface area contributed by atoms with E-state index in [9.17, 15) is 9.59 Å². The molecule has 5 nitrogen and oxygen atoms in total. The minimum absolute atomic E-state index is 0.0466. The van der Waals surface area contributed by atoms with Gasteiger partial charge in [-0.15, -0.1) is 0 Å². The normalized spacial score (nSPS) is 22.9. The summed E-state index contributed by atoms with van der Waals surface area (Å²) in [5.74, 6) is -0.159. The van der Waals surface area contributed by atoms with Gasteiger partial charge in [-0.25, -0.2) is 0 Å². The van der Waals surface area contributed by atoms with Gasteiger partial charge in [0.25, 0.3) is 0 Å². The van der Waals surface area contributed by atoms with E-state index in [0.29, 0.717) is 32.6 Å². The van der Waals surface area contributed by atoms with Crippen LogP contribution in [0.5, 0.6) is 0 Å². The van der Waals surface area contributed by atoms with Crippen molar-refractivity contribution in [1.29, 1.82) is 0 Å². The SMILES string of the molecule is O=C1CCC(=O)N1CC1COCc2ccccc2N1. The molecule has 1 fully saturated rings. The molecular weight excluding hydrogens is 244 g/mol. The van der Waals surface area contributed by atoms with Crippen LogP contribution in [0, 0.1) is 0 Å². The third-order valence-electron chi connectivity index (χ3n) is 3.51. The summed E-state index contributed by atoms with van der Waals surface area (Å²) in [7, 11) is 0. The Balaban J connectivity index is 1.73. The number of rotatable bonds is 2. The van der Waals surface area contributed by atoms with Crippen molar-refractivity contribution in [3.8, 4) is 0 Å². The quantitative estimate of drug-likeness (QED) is 0.810. The number of para-hydroxylation sites is 1. The average molecular weight is 260 g/mol. The molecule has 5 heteroatoms. The Morgan fingerprint density at radius 1 is 1.21 bits per heavy atom. The second kappa shape index (κ2) is 5.01. The zero-order valence-corrected chi connectivity index (χ0v) is 10.6. The lowest BCUT2D eigenvalue weighted by Gasteiger charge is -2.22. The van der Waals surface area contributed by atoms with Crippen LogP contribution in [0.1, 0.15) is 18.4 Å². The lowest BCUT2D eigenvalue weighted by atomic mass is 10.2. The third-order valence-corrected chi connectivity index (χ3v) is 3.51. The predicted octanol–water partition coefficient (Wildman–Crippen LogP) is 1.15. The van der Waals surface area contributed by atoms with Gasteiger partial charge >= 0.3 is 0 Å². The number of nitrogens with zero attached hydrogens (tertiary/aromatic N) is 1. The first-order chi connectivity index (χ1) is 9.24. The number of carbonyl (C=O) groups is 2. The fourth-order valence-corrected chi connectivity index (χ4v) is 2.50. The molecule has 100 valence electrons. The molecule has 2 aliphatic heterocycles. The second-order valence-electron chi connectivity index (χ2n) is 4.91. The number of amides is 2. The molecule has 0 bridgehead atoms. The molecule has 0 spiro atoms. The number of carbonyl (C=O) groups excluding carboxylic acids is 2. The van der Waals surface area contributed by atoms with Gasteiger partial charge < -0.3 is 10.1 Å². The van der Waals surface area contributed by atoms with Crippen LogP contribution in [-0.4, -0.2) is 35.9 Å². The molecule has 3 rings (SSSR count). The summed E-state index contributed by atoms with van der Waals surface area (Å²) in [5.41, 5.74) is 2.12. The van der Waals surface area contributed by atoms with Crippen molar-refractivity contribution in [3.63, 3.8) is 0 Å². The smallest absolute Gasteiger partial charge is 0.229 e. The van der Waals surface area contributed by atoms with Crippen LogP contribution >= 0.6 is 0 Å². The summed E-state index contributed by atoms with van der Waals surface area (Å²) in [6, 6.07) is 7.88. The van der Waals surface area contributed by atoms with Crippen LogP contribution in [0.2, 0.25) is 0 Å². The lowest BCUT2D eigenvalue weighted by Crippen LogP contribution is -2.41. The van der Waals surface area contributed by atoms with Gasteiger partial charge in [-0.1, -0.05) is 18.2 Å². The van der Waals surface area contributed by atoms with E-state index < -0.39 is 0 Å². The van der Waals surface area contributed by atoms with Crippen LogP contribution in [-0.2, 0) is 20.9 Å². The van der Waals surface area contributed by atoms with Gasteiger partial charge in [-0.05, 0) is 6.07 Å². The number of likely N-dealkylation sites (tertiary alicyclic amines) is 1. The fourth-order valence-electron chi connectivity index (χ4n) is 2.50. The van der Waals surface area contributed by atoms with Crippen LogP contribution in [0.15, 0.2) is 24.3 Å². The second-order valence-corrected chi connectivity index (χ2v) is 4.91. The fraction of sp³-hybridized carbons (Fsp3) is 0.429. The molecule has 0 aromatic heterocycles. The van der Waals surface area contributed by atoms with Gasteiger partial charge in [0.05, 0.1) is 25.8 Å². The number of hydrogen-bond donors (Lipinski definition) is 1. The minimum Gasteiger partial charge on any atom is -0.378 e. The van der Waals surface area contributed by atoms with E-state index >= 15 is 0 Å². The van der Waals surface area contributed by atoms with Crippen LogP contribution in [0.3, 0.4) is 0 Å². The highest BCUT2D eigenvalue weighted by molar-refractivity contribution is 6.02. The Morgan fingerprint density at radius 2 is 1.95 bits per heavy atom. The van der Waals surface area contributed by atoms with E-state index in [4.69, 9.17) is 4.74 Å². The Kier molecular flexibility index (Phi) is 3.21. The first-order valence-electron chi connectivity index (χ1n) is 6.49. The largest absolute Gasteiger partial charge is 0.378 e. The molecule has 1 unspecified atom stereocenters. The maximum Gasteiger partial charge on any atom is 0.229 e. The molecule has 1 N–H and O–H groups in total. The number of imide groups is 1. The summed E-state index contributed by atoms with van der Waals surface area (Å²) < 4.78 is 5.60. The highest BCUT2D eigenvalue weighted by Gasteiger charge is 2.31. The predicted molar refractivity (Wildman–Crippen MR) is 69.5 cm³/mol. The first-order valence-corrected chi connectivity index (χ1v) is 6.49. The van der Waals surface area contributed by atoms with Gasteiger partial charge in [0, 0.05) is 24.1 Å². The van der Waals surface area contributed by atoms with Crippen molar-refractivity contribution in [2.24, 2.45) is 0 Å². The van der Waals surface area contributed by atoms with E-state index in [1.807, 2.05) is 24.3 Å². The summed E-state index contributed by atoms with van der Waals surface area (Å²) in [6.45, 7) is 1.43. The highest BCUT2D eigenvalue weighted by atomic mass is 16.5. The van der Waals surface area contributed by atoms with E-state index in [-0.39, 0.29) is 17.9 Å². The highest BCUT2D eigenvalue weighted by Crippen LogP contribution is 2.21. The topological polar surface area (TPSA) is 58.6 Å². The Hall–Kier alpha value is -1.88. The number of benzene rings is 1. The molecule has 1 saturated heterocycles. The standard InChI is InChI=1S/C14H16N2O3/c17-13-5-6-14(18)16(13)7-11-9-19-8-10-3-1-2-4-12(10)15-11/h1-4,11,15H,5-9H2. The minimum atomic E-state index is -0.0793. The first kappa shape index (κ1) is 12.2. The molecular formula is C14H16N2O3. The van der Waals surface area contributed by atoms with E-state index in [1.54, 1.807) is 0 Å². The molecule has 0 saturated carbocycles. The van der Waals surface area contributed by atoms with Gasteiger partial charge in [-0.3, -0.25) is 14.5 Å². The van der Waals surface area contributed by atoms with Gasteiger partial charge in [0.2, 0.25) is 11.8 Å². The maximum absolute atomic E-state index is 11.6. The van der Waals surface area contributed by atoms with Crippen molar-refractivity contribution in [3.05, 3.63) is 29.8 Å². The van der Waals surface area contributed by atoms with Crippen LogP contribution in [0.25, 0.3) is 0 Å². The number of ether oxygens (including phenoxy) is 1. The lowest BCUT2D eigenvalue weighted by molar-refractivity contribution is -0.138. The van der Waals surface area contributed by atoms with Crippen molar-refractivity contribution in [1.82, 2.24) is 4.90 Å². The number of hydrogen-bond acceptors (Lipinski definition) is 4. The molecule has 19 heavy (non-hydrogen) atoms. The van der Waals surface area contributed by atoms with Crippen LogP contribution in [0.4, 0.5) is 5.69 Å². The van der Waals surface area contributed by atoms with Gasteiger partial charge in [-0.2, -0.15) is 0 Å². The Labute approximate surface area is 111 Å². The molecule has 2 heterocycles. The molecule has 2 amide bonds. The average Bonchev–Trinajstić information content (AvgIpc) is 2.64. The monoisotopic (exact) mass is 260 g/mol. The summed E-state index contributed by atoms with van der Waals surface area (Å²) in [4.78, 5) is 24.6. The third kappa shape index (κ3) is 2.46. The molecule has 1 aromatic rings. The summed E-state index contributed by atoms with van der Waals surface area (Å²) >= 11 is 0. The molecule has 1 aromatic carbocycles. The zero-order valence-electron chi connectivity index (χ0n) is 10.6. The van der Waals surface area contributed by atoms with Gasteiger partial charge in [0.1, 0.15) is 0 Å². The van der Waals surface area contributed by atoms with Crippen molar-refractivity contribution >= 4 is 17.5 Å². The number of anilines is 1.